The van der Waals surface area contributed by atoms with Crippen LogP contribution in [0.3, 0.4) is 0 Å². The number of aromatic nitrogens is 3. The summed E-state index contributed by atoms with van der Waals surface area (Å²) in [6, 6.07) is 3.86. The highest BCUT2D eigenvalue weighted by Crippen LogP contribution is 2.22. The van der Waals surface area contributed by atoms with E-state index < -0.39 is 0 Å². The van der Waals surface area contributed by atoms with Crippen molar-refractivity contribution < 1.29 is 4.79 Å². The largest absolute Gasteiger partial charge is 0.347 e. The standard InChI is InChI=1S/C15H19N5O/c1-11-4-3-5-16-13(11)15(21)20-9-8-19(2)12(10-20)14-17-6-7-18-14/h3-7,12H,8-10H2,1-2H3,(H,17,18). The van der Waals surface area contributed by atoms with E-state index in [1.54, 1.807) is 12.4 Å². The Kier molecular flexibility index (Phi) is 3.70. The first kappa shape index (κ1) is 13.8. The van der Waals surface area contributed by atoms with E-state index in [-0.39, 0.29) is 11.9 Å². The zero-order valence-electron chi connectivity index (χ0n) is 12.3. The maximum Gasteiger partial charge on any atom is 0.272 e. The molecule has 0 spiro atoms. The van der Waals surface area contributed by atoms with Gasteiger partial charge in [-0.2, -0.15) is 0 Å². The van der Waals surface area contributed by atoms with E-state index in [9.17, 15) is 4.79 Å². The van der Waals surface area contributed by atoms with Gasteiger partial charge in [0.05, 0.1) is 6.04 Å². The Morgan fingerprint density at radius 1 is 1.33 bits per heavy atom. The number of imidazole rings is 1. The van der Waals surface area contributed by atoms with Gasteiger partial charge in [0.1, 0.15) is 11.5 Å². The molecular weight excluding hydrogens is 266 g/mol. The number of amides is 1. The Morgan fingerprint density at radius 2 is 2.19 bits per heavy atom. The first-order chi connectivity index (χ1) is 10.2. The van der Waals surface area contributed by atoms with Crippen LogP contribution in [-0.2, 0) is 0 Å². The lowest BCUT2D eigenvalue weighted by atomic mass is 10.1. The summed E-state index contributed by atoms with van der Waals surface area (Å²) in [5.41, 5.74) is 1.45. The average Bonchev–Trinajstić information content (AvgIpc) is 3.01. The normalized spacial score (nSPS) is 19.7. The number of carbonyl (C=O) groups is 1. The topological polar surface area (TPSA) is 65.1 Å². The van der Waals surface area contributed by atoms with Crippen LogP contribution in [0.1, 0.15) is 27.9 Å². The maximum atomic E-state index is 12.7. The molecule has 1 aliphatic rings. The molecule has 1 aliphatic heterocycles. The van der Waals surface area contributed by atoms with Crippen LogP contribution < -0.4 is 0 Å². The summed E-state index contributed by atoms with van der Waals surface area (Å²) >= 11 is 0. The molecule has 0 aromatic carbocycles. The molecule has 0 bridgehead atoms. The Hall–Kier alpha value is -2.21. The van der Waals surface area contributed by atoms with Crippen LogP contribution in [0.5, 0.6) is 0 Å². The minimum Gasteiger partial charge on any atom is -0.347 e. The van der Waals surface area contributed by atoms with E-state index in [1.807, 2.05) is 30.2 Å². The van der Waals surface area contributed by atoms with Crippen LogP contribution in [0.4, 0.5) is 0 Å². The third-order valence-corrected chi connectivity index (χ3v) is 3.98. The van der Waals surface area contributed by atoms with Gasteiger partial charge in [0.2, 0.25) is 0 Å². The lowest BCUT2D eigenvalue weighted by Crippen LogP contribution is -2.49. The molecule has 0 radical (unpaired) electrons. The summed E-state index contributed by atoms with van der Waals surface area (Å²) in [7, 11) is 2.06. The van der Waals surface area contributed by atoms with E-state index in [2.05, 4.69) is 26.9 Å². The third-order valence-electron chi connectivity index (χ3n) is 3.98. The second kappa shape index (κ2) is 5.65. The Bertz CT molecular complexity index is 625. The average molecular weight is 285 g/mol. The SMILES string of the molecule is Cc1cccnc1C(=O)N1CCN(C)C(c2ncc[nH]2)C1. The highest BCUT2D eigenvalue weighted by Gasteiger charge is 2.31. The first-order valence-electron chi connectivity index (χ1n) is 7.07. The number of rotatable bonds is 2. The fourth-order valence-corrected chi connectivity index (χ4v) is 2.67. The fourth-order valence-electron chi connectivity index (χ4n) is 2.67. The number of nitrogens with one attached hydrogen (secondary N) is 1. The van der Waals surface area contributed by atoms with E-state index in [1.165, 1.54) is 0 Å². The van der Waals surface area contributed by atoms with Crippen LogP contribution in [-0.4, -0.2) is 57.3 Å². The van der Waals surface area contributed by atoms with Crippen molar-refractivity contribution in [1.82, 2.24) is 24.8 Å². The van der Waals surface area contributed by atoms with Gasteiger partial charge in [-0.05, 0) is 25.6 Å². The van der Waals surface area contributed by atoms with Gasteiger partial charge < -0.3 is 9.88 Å². The molecule has 0 saturated carbocycles. The molecule has 1 saturated heterocycles. The molecule has 1 N–H and O–H groups in total. The number of H-pyrrole nitrogens is 1. The summed E-state index contributed by atoms with van der Waals surface area (Å²) in [5, 5.41) is 0. The predicted octanol–water partition coefficient (Wildman–Crippen LogP) is 1.24. The molecule has 6 nitrogen and oxygen atoms in total. The van der Waals surface area contributed by atoms with Crippen LogP contribution in [0.2, 0.25) is 0 Å². The summed E-state index contributed by atoms with van der Waals surface area (Å²) in [4.78, 5) is 28.4. The molecule has 2 aromatic rings. The van der Waals surface area contributed by atoms with Crippen molar-refractivity contribution in [3.05, 3.63) is 47.8 Å². The molecule has 1 atom stereocenters. The number of aryl methyl sites for hydroxylation is 1. The number of hydrogen-bond donors (Lipinski definition) is 1. The van der Waals surface area contributed by atoms with Crippen molar-refractivity contribution in [3.8, 4) is 0 Å². The van der Waals surface area contributed by atoms with Gasteiger partial charge in [0.15, 0.2) is 0 Å². The molecule has 3 heterocycles. The molecule has 1 fully saturated rings. The van der Waals surface area contributed by atoms with Crippen LogP contribution >= 0.6 is 0 Å². The Labute approximate surface area is 123 Å². The smallest absolute Gasteiger partial charge is 0.272 e. The predicted molar refractivity (Wildman–Crippen MR) is 78.8 cm³/mol. The maximum absolute atomic E-state index is 12.7. The third kappa shape index (κ3) is 2.67. The summed E-state index contributed by atoms with van der Waals surface area (Å²) < 4.78 is 0. The fraction of sp³-hybridized carbons (Fsp3) is 0.400. The molecule has 0 aliphatic carbocycles. The van der Waals surface area contributed by atoms with Crippen molar-refractivity contribution in [2.75, 3.05) is 26.7 Å². The highest BCUT2D eigenvalue weighted by molar-refractivity contribution is 5.93. The van der Waals surface area contributed by atoms with Crippen molar-refractivity contribution in [3.63, 3.8) is 0 Å². The number of carbonyl (C=O) groups excluding carboxylic acids is 1. The molecule has 110 valence electrons. The molecule has 2 aromatic heterocycles. The van der Waals surface area contributed by atoms with Gasteiger partial charge in [-0.25, -0.2) is 4.98 Å². The first-order valence-corrected chi connectivity index (χ1v) is 7.07. The minimum absolute atomic E-state index is 0.00208. The number of piperazine rings is 1. The van der Waals surface area contributed by atoms with Crippen LogP contribution in [0.15, 0.2) is 30.7 Å². The molecule has 3 rings (SSSR count). The monoisotopic (exact) mass is 285 g/mol. The van der Waals surface area contributed by atoms with E-state index in [4.69, 9.17) is 0 Å². The van der Waals surface area contributed by atoms with Crippen LogP contribution in [0.25, 0.3) is 0 Å². The zero-order valence-corrected chi connectivity index (χ0v) is 12.3. The van der Waals surface area contributed by atoms with Gasteiger partial charge >= 0.3 is 0 Å². The van der Waals surface area contributed by atoms with Gasteiger partial charge in [0.25, 0.3) is 5.91 Å². The van der Waals surface area contributed by atoms with E-state index in [0.717, 1.165) is 17.9 Å². The molecule has 6 heteroatoms. The lowest BCUT2D eigenvalue weighted by molar-refractivity contribution is 0.0528. The number of nitrogens with zero attached hydrogens (tertiary/aromatic N) is 4. The van der Waals surface area contributed by atoms with Crippen LogP contribution in [0, 0.1) is 6.92 Å². The second-order valence-electron chi connectivity index (χ2n) is 5.39. The van der Waals surface area contributed by atoms with Gasteiger partial charge in [-0.15, -0.1) is 0 Å². The lowest BCUT2D eigenvalue weighted by Gasteiger charge is -2.38. The number of hydrogen-bond acceptors (Lipinski definition) is 4. The van der Waals surface area contributed by atoms with Crippen molar-refractivity contribution >= 4 is 5.91 Å². The number of likely N-dealkylation sites (N-methyl/N-ethyl adjacent to an activating group) is 1. The Morgan fingerprint density at radius 3 is 2.90 bits per heavy atom. The van der Waals surface area contributed by atoms with Gasteiger partial charge in [-0.3, -0.25) is 14.7 Å². The van der Waals surface area contributed by atoms with Crippen molar-refractivity contribution in [1.29, 1.82) is 0 Å². The van der Waals surface area contributed by atoms with E-state index >= 15 is 0 Å². The zero-order chi connectivity index (χ0) is 14.8. The van der Waals surface area contributed by atoms with Crippen molar-refractivity contribution in [2.24, 2.45) is 0 Å². The molecule has 1 amide bonds. The summed E-state index contributed by atoms with van der Waals surface area (Å²) in [6.07, 6.45) is 5.22. The minimum atomic E-state index is -0.00208. The molecule has 21 heavy (non-hydrogen) atoms. The van der Waals surface area contributed by atoms with Gasteiger partial charge in [-0.1, -0.05) is 6.07 Å². The highest BCUT2D eigenvalue weighted by atomic mass is 16.2. The van der Waals surface area contributed by atoms with Gasteiger partial charge in [0, 0.05) is 38.2 Å². The number of aromatic amines is 1. The number of pyridine rings is 1. The van der Waals surface area contributed by atoms with Crippen molar-refractivity contribution in [2.45, 2.75) is 13.0 Å². The second-order valence-corrected chi connectivity index (χ2v) is 5.39. The summed E-state index contributed by atoms with van der Waals surface area (Å²) in [6.45, 7) is 4.07. The van der Waals surface area contributed by atoms with E-state index in [0.29, 0.717) is 18.8 Å². The summed E-state index contributed by atoms with van der Waals surface area (Å²) in [5.74, 6) is 0.894. The molecule has 1 unspecified atom stereocenters. The molecular formula is C15H19N5O. The quantitative estimate of drug-likeness (QED) is 0.901. The Balaban J connectivity index is 1.80.